The lowest BCUT2D eigenvalue weighted by atomic mass is 10.1. The molecule has 2 aromatic carbocycles. The zero-order valence-electron chi connectivity index (χ0n) is 19.7. The predicted octanol–water partition coefficient (Wildman–Crippen LogP) is 4.03. The highest BCUT2D eigenvalue weighted by atomic mass is 32.1. The summed E-state index contributed by atoms with van der Waals surface area (Å²) in [5.74, 6) is 1.05. The molecule has 2 aromatic rings. The molecule has 1 fully saturated rings. The van der Waals surface area contributed by atoms with Crippen LogP contribution in [0.25, 0.3) is 0 Å². The second-order valence-electron chi connectivity index (χ2n) is 8.54. The van der Waals surface area contributed by atoms with E-state index in [4.69, 9.17) is 17.0 Å². The lowest BCUT2D eigenvalue weighted by Crippen LogP contribution is -2.31. The third kappa shape index (κ3) is 9.57. The lowest BCUT2D eigenvalue weighted by Gasteiger charge is -2.26. The van der Waals surface area contributed by atoms with E-state index in [1.165, 1.54) is 37.9 Å². The van der Waals surface area contributed by atoms with E-state index in [1.807, 2.05) is 18.2 Å². The normalized spacial score (nSPS) is 13.8. The summed E-state index contributed by atoms with van der Waals surface area (Å²) in [6, 6.07) is 15.2. The Morgan fingerprint density at radius 2 is 1.79 bits per heavy atom. The van der Waals surface area contributed by atoms with E-state index in [2.05, 4.69) is 33.0 Å². The van der Waals surface area contributed by atoms with Crippen molar-refractivity contribution < 1.29 is 14.6 Å². The molecule has 0 radical (unpaired) electrons. The molecule has 4 N–H and O–H groups in total. The number of piperidine rings is 1. The van der Waals surface area contributed by atoms with Crippen LogP contribution in [-0.4, -0.2) is 53.8 Å². The van der Waals surface area contributed by atoms with Crippen molar-refractivity contribution >= 4 is 28.9 Å². The van der Waals surface area contributed by atoms with Crippen LogP contribution >= 0.6 is 12.2 Å². The van der Waals surface area contributed by atoms with Gasteiger partial charge in [-0.25, -0.2) is 0 Å². The summed E-state index contributed by atoms with van der Waals surface area (Å²) in [6.45, 7) is 5.08. The first-order valence-electron chi connectivity index (χ1n) is 12.1. The Morgan fingerprint density at radius 1 is 1.00 bits per heavy atom. The van der Waals surface area contributed by atoms with E-state index < -0.39 is 0 Å². The molecule has 0 unspecified atom stereocenters. The van der Waals surface area contributed by atoms with Crippen LogP contribution in [0.5, 0.6) is 11.5 Å². The van der Waals surface area contributed by atoms with Crippen molar-refractivity contribution in [2.75, 3.05) is 38.1 Å². The average molecular weight is 485 g/mol. The molecular weight excluding hydrogens is 448 g/mol. The molecule has 0 bridgehead atoms. The molecule has 1 aliphatic rings. The first-order valence-corrected chi connectivity index (χ1v) is 12.5. The number of hydrogen-bond acceptors (Lipinski definition) is 5. The zero-order chi connectivity index (χ0) is 24.0. The van der Waals surface area contributed by atoms with Crippen LogP contribution < -0.4 is 20.7 Å². The Bertz CT molecular complexity index is 918. The molecule has 0 aromatic heterocycles. The fourth-order valence-electron chi connectivity index (χ4n) is 3.88. The van der Waals surface area contributed by atoms with Crippen molar-refractivity contribution in [3.63, 3.8) is 0 Å². The Balaban J connectivity index is 1.21. The number of carbonyl (C=O) groups excluding carboxylic acids is 1. The van der Waals surface area contributed by atoms with Crippen molar-refractivity contribution in [2.45, 2.75) is 45.1 Å². The molecule has 0 aliphatic carbocycles. The quantitative estimate of drug-likeness (QED) is 0.206. The molecule has 8 heteroatoms. The number of ether oxygens (including phenoxy) is 1. The number of para-hydroxylation sites is 2. The van der Waals surface area contributed by atoms with Gasteiger partial charge in [-0.1, -0.05) is 30.7 Å². The van der Waals surface area contributed by atoms with Crippen molar-refractivity contribution in [1.29, 1.82) is 0 Å². The molecule has 1 saturated heterocycles. The van der Waals surface area contributed by atoms with Gasteiger partial charge in [0.1, 0.15) is 11.5 Å². The first-order chi connectivity index (χ1) is 16.6. The minimum absolute atomic E-state index is 0.0184. The fraction of sp³-hybridized carbons (Fsp3) is 0.462. The molecule has 0 spiro atoms. The largest absolute Gasteiger partial charge is 0.506 e. The second-order valence-corrected chi connectivity index (χ2v) is 8.95. The summed E-state index contributed by atoms with van der Waals surface area (Å²) >= 11 is 5.21. The Morgan fingerprint density at radius 3 is 2.62 bits per heavy atom. The number of carbonyl (C=O) groups is 1. The smallest absolute Gasteiger partial charge is 0.220 e. The number of nitrogens with zero attached hydrogens (tertiary/aromatic N) is 1. The van der Waals surface area contributed by atoms with Crippen molar-refractivity contribution in [3.8, 4) is 11.5 Å². The zero-order valence-corrected chi connectivity index (χ0v) is 20.5. The SMILES string of the molecule is O=C(CCCNC(=S)Nc1ccccc1O)NCCCOc1cccc(CN2CCCCC2)c1. The average Bonchev–Trinajstić information content (AvgIpc) is 2.84. The first kappa shape index (κ1) is 25.8. The molecule has 1 aliphatic heterocycles. The molecule has 1 amide bonds. The standard InChI is InChI=1S/C26H36N4O3S/c31-24-12-3-2-11-23(24)29-26(34)28-14-7-13-25(32)27-15-8-18-33-22-10-6-9-21(19-22)20-30-16-4-1-5-17-30/h2-3,6,9-12,19,31H,1,4-5,7-8,13-18,20H2,(H,27,32)(H2,28,29,34). The van der Waals surface area contributed by atoms with Gasteiger partial charge in [0.25, 0.3) is 0 Å². The third-order valence-electron chi connectivity index (χ3n) is 5.68. The molecule has 34 heavy (non-hydrogen) atoms. The second kappa shape index (κ2) is 14.4. The van der Waals surface area contributed by atoms with Gasteiger partial charge in [-0.05, 0) is 80.8 Å². The summed E-state index contributed by atoms with van der Waals surface area (Å²) in [5.41, 5.74) is 1.84. The minimum atomic E-state index is 0.0184. The van der Waals surface area contributed by atoms with E-state index in [9.17, 15) is 9.90 Å². The number of amides is 1. The van der Waals surface area contributed by atoms with E-state index in [1.54, 1.807) is 18.2 Å². The topological polar surface area (TPSA) is 85.9 Å². The molecule has 3 rings (SSSR count). The minimum Gasteiger partial charge on any atom is -0.506 e. The molecule has 0 saturated carbocycles. The number of likely N-dealkylation sites (tertiary alicyclic amines) is 1. The molecule has 0 atom stereocenters. The van der Waals surface area contributed by atoms with Gasteiger partial charge in [0.2, 0.25) is 5.91 Å². The predicted molar refractivity (Wildman–Crippen MR) is 140 cm³/mol. The van der Waals surface area contributed by atoms with Gasteiger partial charge in [-0.3, -0.25) is 9.69 Å². The molecule has 1 heterocycles. The number of aromatic hydroxyl groups is 1. The van der Waals surface area contributed by atoms with Gasteiger partial charge >= 0.3 is 0 Å². The van der Waals surface area contributed by atoms with E-state index >= 15 is 0 Å². The van der Waals surface area contributed by atoms with Crippen molar-refractivity contribution in [3.05, 3.63) is 54.1 Å². The van der Waals surface area contributed by atoms with E-state index in [0.29, 0.717) is 43.3 Å². The van der Waals surface area contributed by atoms with Crippen molar-refractivity contribution in [2.24, 2.45) is 0 Å². The van der Waals surface area contributed by atoms with Crippen LogP contribution in [0, 0.1) is 0 Å². The van der Waals surface area contributed by atoms with Crippen LogP contribution in [0.2, 0.25) is 0 Å². The molecule has 7 nitrogen and oxygen atoms in total. The summed E-state index contributed by atoms with van der Waals surface area (Å²) in [7, 11) is 0. The van der Waals surface area contributed by atoms with Crippen LogP contribution in [0.15, 0.2) is 48.5 Å². The molecule has 184 valence electrons. The Kier molecular flexibility index (Phi) is 10.9. The Labute approximate surface area is 207 Å². The van der Waals surface area contributed by atoms with Gasteiger partial charge in [-0.2, -0.15) is 0 Å². The number of benzene rings is 2. The van der Waals surface area contributed by atoms with Crippen LogP contribution in [0.3, 0.4) is 0 Å². The maximum absolute atomic E-state index is 12.0. The van der Waals surface area contributed by atoms with Gasteiger partial charge in [0.15, 0.2) is 5.11 Å². The molecular formula is C26H36N4O3S. The third-order valence-corrected chi connectivity index (χ3v) is 5.93. The van der Waals surface area contributed by atoms with Crippen LogP contribution in [-0.2, 0) is 11.3 Å². The highest BCUT2D eigenvalue weighted by Crippen LogP contribution is 2.21. The number of phenolic OH excluding ortho intramolecular Hbond substituents is 1. The maximum atomic E-state index is 12.0. The number of rotatable bonds is 12. The number of nitrogens with one attached hydrogen (secondary N) is 3. The van der Waals surface area contributed by atoms with Gasteiger partial charge in [0.05, 0.1) is 12.3 Å². The number of thiocarbonyl (C=S) groups is 1. The van der Waals surface area contributed by atoms with E-state index in [0.717, 1.165) is 18.7 Å². The van der Waals surface area contributed by atoms with Crippen LogP contribution in [0.1, 0.15) is 44.1 Å². The van der Waals surface area contributed by atoms with Gasteiger partial charge < -0.3 is 25.8 Å². The number of anilines is 1. The van der Waals surface area contributed by atoms with Gasteiger partial charge in [0, 0.05) is 26.1 Å². The maximum Gasteiger partial charge on any atom is 0.220 e. The summed E-state index contributed by atoms with van der Waals surface area (Å²) in [5, 5.41) is 19.1. The monoisotopic (exact) mass is 484 g/mol. The fourth-order valence-corrected chi connectivity index (χ4v) is 4.10. The highest BCUT2D eigenvalue weighted by molar-refractivity contribution is 7.80. The number of phenols is 1. The van der Waals surface area contributed by atoms with E-state index in [-0.39, 0.29) is 11.7 Å². The Hall–Kier alpha value is -2.84. The highest BCUT2D eigenvalue weighted by Gasteiger charge is 2.10. The summed E-state index contributed by atoms with van der Waals surface area (Å²) in [4.78, 5) is 14.5. The number of hydrogen-bond donors (Lipinski definition) is 4. The van der Waals surface area contributed by atoms with Crippen molar-refractivity contribution in [1.82, 2.24) is 15.5 Å². The summed E-state index contributed by atoms with van der Waals surface area (Å²) in [6.07, 6.45) is 5.78. The van der Waals surface area contributed by atoms with Gasteiger partial charge in [-0.15, -0.1) is 0 Å². The lowest BCUT2D eigenvalue weighted by molar-refractivity contribution is -0.121. The van der Waals surface area contributed by atoms with Crippen LogP contribution in [0.4, 0.5) is 5.69 Å². The summed E-state index contributed by atoms with van der Waals surface area (Å²) < 4.78 is 5.88.